The molecule has 198 valence electrons. The lowest BCUT2D eigenvalue weighted by atomic mass is 9.92. The van der Waals surface area contributed by atoms with E-state index >= 15 is 0 Å². The molecule has 0 aliphatic rings. The number of ether oxygens (including phenoxy) is 1. The van der Waals surface area contributed by atoms with Crippen LogP contribution in [-0.2, 0) is 11.8 Å². The van der Waals surface area contributed by atoms with Crippen LogP contribution in [0.4, 0.5) is 16.3 Å². The maximum atomic E-state index is 13.2. The minimum atomic E-state index is -0.367. The van der Waals surface area contributed by atoms with Crippen molar-refractivity contribution in [2.45, 2.75) is 39.5 Å². The number of fused-ring (bicyclic) bond motifs is 1. The number of aromatic nitrogens is 4. The fraction of sp³-hybridized carbons (Fsp3) is 0.226. The van der Waals surface area contributed by atoms with E-state index in [2.05, 4.69) is 41.4 Å². The highest BCUT2D eigenvalue weighted by Gasteiger charge is 2.22. The Labute approximate surface area is 228 Å². The molecule has 3 heterocycles. The molecule has 0 radical (unpaired) electrons. The van der Waals surface area contributed by atoms with Gasteiger partial charge in [0.15, 0.2) is 0 Å². The number of hydrogen-bond donors (Lipinski definition) is 2. The van der Waals surface area contributed by atoms with Gasteiger partial charge in [0.05, 0.1) is 29.9 Å². The number of amides is 2. The van der Waals surface area contributed by atoms with Gasteiger partial charge in [-0.25, -0.2) is 9.48 Å². The largest absolute Gasteiger partial charge is 0.493 e. The van der Waals surface area contributed by atoms with E-state index < -0.39 is 0 Å². The highest BCUT2D eigenvalue weighted by atomic mass is 16.5. The summed E-state index contributed by atoms with van der Waals surface area (Å²) >= 11 is 0. The van der Waals surface area contributed by atoms with Crippen molar-refractivity contribution < 1.29 is 9.53 Å². The zero-order valence-corrected chi connectivity index (χ0v) is 22.6. The molecule has 2 amide bonds. The summed E-state index contributed by atoms with van der Waals surface area (Å²) in [6, 6.07) is 21.0. The van der Waals surface area contributed by atoms with Gasteiger partial charge in [0, 0.05) is 46.8 Å². The topological polar surface area (TPSA) is 94.0 Å². The summed E-state index contributed by atoms with van der Waals surface area (Å²) in [6.07, 6.45) is 6.09. The van der Waals surface area contributed by atoms with Gasteiger partial charge in [-0.2, -0.15) is 5.10 Å². The van der Waals surface area contributed by atoms with E-state index in [-0.39, 0.29) is 11.4 Å². The SMILES string of the molecule is Cc1ccc(-n2nc(C(C)(C)C)cc2NC(=O)Nc2ccc(OCCc3ccncc3)c3ccccc23)cn1. The third kappa shape index (κ3) is 6.06. The number of anilines is 2. The molecule has 5 aromatic rings. The minimum absolute atomic E-state index is 0.195. The Morgan fingerprint density at radius 2 is 1.72 bits per heavy atom. The van der Waals surface area contributed by atoms with Crippen LogP contribution in [0.25, 0.3) is 16.5 Å². The average molecular weight is 521 g/mol. The smallest absolute Gasteiger partial charge is 0.324 e. The summed E-state index contributed by atoms with van der Waals surface area (Å²) in [5, 5.41) is 12.6. The number of nitrogens with zero attached hydrogens (tertiary/aromatic N) is 4. The molecular formula is C31H32N6O2. The predicted molar refractivity (Wildman–Crippen MR) is 155 cm³/mol. The Balaban J connectivity index is 1.36. The summed E-state index contributed by atoms with van der Waals surface area (Å²) in [7, 11) is 0. The van der Waals surface area contributed by atoms with E-state index in [0.717, 1.165) is 40.0 Å². The Morgan fingerprint density at radius 1 is 0.949 bits per heavy atom. The molecule has 0 fully saturated rings. The van der Waals surface area contributed by atoms with Gasteiger partial charge in [-0.1, -0.05) is 45.0 Å². The number of hydrogen-bond acceptors (Lipinski definition) is 5. The molecule has 0 saturated heterocycles. The van der Waals surface area contributed by atoms with Crippen LogP contribution >= 0.6 is 0 Å². The molecule has 0 aliphatic carbocycles. The molecule has 8 heteroatoms. The van der Waals surface area contributed by atoms with Crippen LogP contribution in [0.2, 0.25) is 0 Å². The first-order valence-corrected chi connectivity index (χ1v) is 12.9. The summed E-state index contributed by atoms with van der Waals surface area (Å²) in [4.78, 5) is 21.7. The highest BCUT2D eigenvalue weighted by Crippen LogP contribution is 2.32. The summed E-state index contributed by atoms with van der Waals surface area (Å²) in [5.74, 6) is 1.33. The number of carbonyl (C=O) groups excluding carboxylic acids is 1. The average Bonchev–Trinajstić information content (AvgIpc) is 3.35. The number of carbonyl (C=O) groups is 1. The second kappa shape index (κ2) is 10.9. The fourth-order valence-electron chi connectivity index (χ4n) is 4.22. The molecule has 39 heavy (non-hydrogen) atoms. The van der Waals surface area contributed by atoms with Crippen LogP contribution in [0.5, 0.6) is 5.75 Å². The first-order chi connectivity index (χ1) is 18.8. The Hall–Kier alpha value is -4.72. The Bertz CT molecular complexity index is 1590. The van der Waals surface area contributed by atoms with E-state index in [9.17, 15) is 4.79 Å². The van der Waals surface area contributed by atoms with Crippen LogP contribution in [0.1, 0.15) is 37.7 Å². The third-order valence-corrected chi connectivity index (χ3v) is 6.39. The van der Waals surface area contributed by atoms with Crippen LogP contribution in [-0.4, -0.2) is 32.4 Å². The van der Waals surface area contributed by atoms with Crippen LogP contribution in [0.3, 0.4) is 0 Å². The molecule has 0 unspecified atom stereocenters. The van der Waals surface area contributed by atoms with Crippen LogP contribution in [0.15, 0.2) is 85.3 Å². The van der Waals surface area contributed by atoms with E-state index in [1.54, 1.807) is 23.3 Å². The Morgan fingerprint density at radius 3 is 2.44 bits per heavy atom. The van der Waals surface area contributed by atoms with E-state index in [4.69, 9.17) is 9.84 Å². The van der Waals surface area contributed by atoms with Crippen molar-refractivity contribution in [2.75, 3.05) is 17.2 Å². The number of benzene rings is 2. The third-order valence-electron chi connectivity index (χ3n) is 6.39. The zero-order valence-electron chi connectivity index (χ0n) is 22.6. The minimum Gasteiger partial charge on any atom is -0.493 e. The number of aryl methyl sites for hydroxylation is 1. The van der Waals surface area contributed by atoms with Crippen molar-refractivity contribution >= 4 is 28.3 Å². The predicted octanol–water partition coefficient (Wildman–Crippen LogP) is 6.69. The first-order valence-electron chi connectivity index (χ1n) is 12.9. The molecule has 5 rings (SSSR count). The number of urea groups is 1. The van der Waals surface area contributed by atoms with Crippen molar-refractivity contribution in [3.63, 3.8) is 0 Å². The standard InChI is InChI=1S/C31H32N6O2/c1-21-9-10-23(20-33-21)37-29(19-28(36-37)31(2,3)4)35-30(38)34-26-11-12-27(25-8-6-5-7-24(25)26)39-18-15-22-13-16-32-17-14-22/h5-14,16-17,19-20H,15,18H2,1-4H3,(H2,34,35,38). The van der Waals surface area contributed by atoms with Gasteiger partial charge in [-0.3, -0.25) is 15.3 Å². The Kier molecular flexibility index (Phi) is 7.27. The molecule has 0 aliphatic heterocycles. The molecule has 0 saturated carbocycles. The van der Waals surface area contributed by atoms with Crippen molar-refractivity contribution in [1.29, 1.82) is 0 Å². The number of nitrogens with one attached hydrogen (secondary N) is 2. The molecule has 0 bridgehead atoms. The second-order valence-electron chi connectivity index (χ2n) is 10.4. The van der Waals surface area contributed by atoms with E-state index in [0.29, 0.717) is 18.1 Å². The van der Waals surface area contributed by atoms with Crippen LogP contribution < -0.4 is 15.4 Å². The van der Waals surface area contributed by atoms with Gasteiger partial charge in [0.2, 0.25) is 0 Å². The second-order valence-corrected chi connectivity index (χ2v) is 10.4. The summed E-state index contributed by atoms with van der Waals surface area (Å²) in [5.41, 5.74) is 4.19. The number of rotatable bonds is 7. The fourth-order valence-corrected chi connectivity index (χ4v) is 4.22. The molecule has 2 N–H and O–H groups in total. The van der Waals surface area contributed by atoms with Gasteiger partial charge in [0.25, 0.3) is 0 Å². The van der Waals surface area contributed by atoms with E-state index in [1.165, 1.54) is 5.56 Å². The number of pyridine rings is 2. The molecule has 2 aromatic carbocycles. The van der Waals surface area contributed by atoms with Crippen molar-refractivity contribution in [3.05, 3.63) is 102 Å². The molecule has 8 nitrogen and oxygen atoms in total. The maximum Gasteiger partial charge on any atom is 0.324 e. The van der Waals surface area contributed by atoms with Gasteiger partial charge in [0.1, 0.15) is 11.6 Å². The molecule has 3 aromatic heterocycles. The van der Waals surface area contributed by atoms with Gasteiger partial charge in [-0.05, 0) is 48.9 Å². The normalized spacial score (nSPS) is 11.4. The summed E-state index contributed by atoms with van der Waals surface area (Å²) < 4.78 is 7.83. The molecular weight excluding hydrogens is 488 g/mol. The van der Waals surface area contributed by atoms with Crippen molar-refractivity contribution in [1.82, 2.24) is 19.7 Å². The first kappa shape index (κ1) is 25.9. The zero-order chi connectivity index (χ0) is 27.4. The molecule has 0 atom stereocenters. The molecule has 0 spiro atoms. The maximum absolute atomic E-state index is 13.2. The lowest BCUT2D eigenvalue weighted by molar-refractivity contribution is 0.262. The van der Waals surface area contributed by atoms with E-state index in [1.807, 2.05) is 73.7 Å². The lowest BCUT2D eigenvalue weighted by Gasteiger charge is -2.14. The monoisotopic (exact) mass is 520 g/mol. The quantitative estimate of drug-likeness (QED) is 0.249. The van der Waals surface area contributed by atoms with Gasteiger partial charge >= 0.3 is 6.03 Å². The summed E-state index contributed by atoms with van der Waals surface area (Å²) in [6.45, 7) is 8.73. The van der Waals surface area contributed by atoms with Gasteiger partial charge in [-0.15, -0.1) is 0 Å². The van der Waals surface area contributed by atoms with Crippen molar-refractivity contribution in [2.24, 2.45) is 0 Å². The highest BCUT2D eigenvalue weighted by molar-refractivity contribution is 6.07. The van der Waals surface area contributed by atoms with Crippen molar-refractivity contribution in [3.8, 4) is 11.4 Å². The van der Waals surface area contributed by atoms with Crippen LogP contribution in [0, 0.1) is 6.92 Å². The van der Waals surface area contributed by atoms with Gasteiger partial charge < -0.3 is 10.1 Å². The lowest BCUT2D eigenvalue weighted by Crippen LogP contribution is -2.21.